The van der Waals surface area contributed by atoms with Gasteiger partial charge < -0.3 is 0 Å². The van der Waals surface area contributed by atoms with Crippen LogP contribution in [0.1, 0.15) is 16.7 Å². The standard InChI is InChI=1S/C18H16F3NO3S/c1-12-3-7-14(8-4-12)16(11-18(19,20)21)17(23)22-26(24,25)15-9-5-13(2)6-10-15/h3-11H,1-2H3,(H,22,23)/b16-11-. The summed E-state index contributed by atoms with van der Waals surface area (Å²) in [5.74, 6) is -1.35. The molecule has 0 aliphatic heterocycles. The van der Waals surface area contributed by atoms with Crippen molar-refractivity contribution in [2.45, 2.75) is 24.9 Å². The normalized spacial score (nSPS) is 12.7. The van der Waals surface area contributed by atoms with Crippen LogP contribution in [-0.2, 0) is 14.8 Å². The molecular weight excluding hydrogens is 367 g/mol. The van der Waals surface area contributed by atoms with E-state index in [-0.39, 0.29) is 16.5 Å². The van der Waals surface area contributed by atoms with Crippen LogP contribution in [0.2, 0.25) is 0 Å². The maximum absolute atomic E-state index is 12.8. The third-order valence-electron chi connectivity index (χ3n) is 3.47. The molecule has 1 N–H and O–H groups in total. The molecule has 4 nitrogen and oxygen atoms in total. The van der Waals surface area contributed by atoms with Crippen molar-refractivity contribution in [1.29, 1.82) is 0 Å². The molecular formula is C18H16F3NO3S. The summed E-state index contributed by atoms with van der Waals surface area (Å²) < 4.78 is 64.7. The number of carbonyl (C=O) groups excluding carboxylic acids is 1. The first-order chi connectivity index (χ1) is 12.0. The monoisotopic (exact) mass is 383 g/mol. The van der Waals surface area contributed by atoms with E-state index in [1.165, 1.54) is 48.5 Å². The topological polar surface area (TPSA) is 63.2 Å². The third kappa shape index (κ3) is 5.19. The fourth-order valence-corrected chi connectivity index (χ4v) is 3.10. The van der Waals surface area contributed by atoms with Gasteiger partial charge in [0.1, 0.15) is 0 Å². The lowest BCUT2D eigenvalue weighted by atomic mass is 10.0. The van der Waals surface area contributed by atoms with E-state index < -0.39 is 27.7 Å². The number of benzene rings is 2. The summed E-state index contributed by atoms with van der Waals surface area (Å²) in [7, 11) is -4.30. The molecule has 0 bridgehead atoms. The number of nitrogens with one attached hydrogen (secondary N) is 1. The largest absolute Gasteiger partial charge is 0.410 e. The van der Waals surface area contributed by atoms with Crippen LogP contribution in [0.3, 0.4) is 0 Å². The van der Waals surface area contributed by atoms with Gasteiger partial charge in [0.25, 0.3) is 15.9 Å². The lowest BCUT2D eigenvalue weighted by Crippen LogP contribution is -2.31. The van der Waals surface area contributed by atoms with Gasteiger partial charge in [-0.05, 0) is 31.5 Å². The Morgan fingerprint density at radius 1 is 0.923 bits per heavy atom. The van der Waals surface area contributed by atoms with Gasteiger partial charge in [-0.2, -0.15) is 13.2 Å². The quantitative estimate of drug-likeness (QED) is 0.818. The molecule has 0 fully saturated rings. The minimum atomic E-state index is -4.79. The molecule has 0 atom stereocenters. The second-order valence-electron chi connectivity index (χ2n) is 5.71. The molecule has 0 spiro atoms. The van der Waals surface area contributed by atoms with E-state index in [9.17, 15) is 26.4 Å². The van der Waals surface area contributed by atoms with E-state index in [4.69, 9.17) is 0 Å². The number of halogens is 3. The van der Waals surface area contributed by atoms with E-state index in [1.807, 2.05) is 0 Å². The van der Waals surface area contributed by atoms with Crippen molar-refractivity contribution < 1.29 is 26.4 Å². The van der Waals surface area contributed by atoms with Crippen molar-refractivity contribution in [3.8, 4) is 0 Å². The highest BCUT2D eigenvalue weighted by molar-refractivity contribution is 7.90. The molecule has 138 valence electrons. The molecule has 26 heavy (non-hydrogen) atoms. The van der Waals surface area contributed by atoms with Crippen LogP contribution >= 0.6 is 0 Å². The average molecular weight is 383 g/mol. The van der Waals surface area contributed by atoms with Crippen molar-refractivity contribution in [3.05, 3.63) is 71.3 Å². The van der Waals surface area contributed by atoms with Gasteiger partial charge in [0.15, 0.2) is 0 Å². The first kappa shape index (κ1) is 19.7. The number of amides is 1. The smallest absolute Gasteiger partial charge is 0.268 e. The summed E-state index contributed by atoms with van der Waals surface area (Å²) >= 11 is 0. The number of aryl methyl sites for hydroxylation is 2. The Balaban J connectivity index is 2.39. The maximum Gasteiger partial charge on any atom is 0.410 e. The van der Waals surface area contributed by atoms with Gasteiger partial charge >= 0.3 is 6.18 Å². The third-order valence-corrected chi connectivity index (χ3v) is 4.82. The van der Waals surface area contributed by atoms with Crippen LogP contribution in [0.25, 0.3) is 5.57 Å². The number of allylic oxidation sites excluding steroid dienone is 1. The Morgan fingerprint density at radius 2 is 1.38 bits per heavy atom. The number of sulfonamides is 1. The van der Waals surface area contributed by atoms with Gasteiger partial charge in [-0.25, -0.2) is 13.1 Å². The zero-order valence-electron chi connectivity index (χ0n) is 14.0. The van der Waals surface area contributed by atoms with Crippen LogP contribution in [-0.4, -0.2) is 20.5 Å². The van der Waals surface area contributed by atoms with Gasteiger partial charge in [0.05, 0.1) is 10.5 Å². The Labute approximate surface area is 149 Å². The van der Waals surface area contributed by atoms with Crippen molar-refractivity contribution in [2.24, 2.45) is 0 Å². The predicted molar refractivity (Wildman–Crippen MR) is 91.7 cm³/mol. The number of hydrogen-bond donors (Lipinski definition) is 1. The highest BCUT2D eigenvalue weighted by atomic mass is 32.2. The first-order valence-electron chi connectivity index (χ1n) is 7.48. The second kappa shape index (κ2) is 7.33. The molecule has 0 heterocycles. The maximum atomic E-state index is 12.8. The van der Waals surface area contributed by atoms with E-state index in [1.54, 1.807) is 18.6 Å². The second-order valence-corrected chi connectivity index (χ2v) is 7.40. The fourth-order valence-electron chi connectivity index (χ4n) is 2.13. The van der Waals surface area contributed by atoms with E-state index in [2.05, 4.69) is 0 Å². The lowest BCUT2D eigenvalue weighted by Gasteiger charge is -2.12. The summed E-state index contributed by atoms with van der Waals surface area (Å²) in [5.41, 5.74) is 0.762. The number of carbonyl (C=O) groups is 1. The highest BCUT2D eigenvalue weighted by Crippen LogP contribution is 2.25. The van der Waals surface area contributed by atoms with Crippen molar-refractivity contribution in [1.82, 2.24) is 4.72 Å². The minimum Gasteiger partial charge on any atom is -0.268 e. The molecule has 2 rings (SSSR count). The summed E-state index contributed by atoms with van der Waals surface area (Å²) in [5, 5.41) is 0. The zero-order valence-corrected chi connectivity index (χ0v) is 14.8. The summed E-state index contributed by atoms with van der Waals surface area (Å²) in [6.07, 6.45) is -5.00. The molecule has 0 unspecified atom stereocenters. The summed E-state index contributed by atoms with van der Waals surface area (Å²) in [4.78, 5) is 12.1. The van der Waals surface area contributed by atoms with E-state index in [0.29, 0.717) is 0 Å². The van der Waals surface area contributed by atoms with E-state index in [0.717, 1.165) is 11.1 Å². The predicted octanol–water partition coefficient (Wildman–Crippen LogP) is 3.75. The highest BCUT2D eigenvalue weighted by Gasteiger charge is 2.29. The Bertz CT molecular complexity index is 929. The Hall–Kier alpha value is -2.61. The molecule has 2 aromatic rings. The first-order valence-corrected chi connectivity index (χ1v) is 8.97. The van der Waals surface area contributed by atoms with Gasteiger partial charge in [-0.15, -0.1) is 0 Å². The van der Waals surface area contributed by atoms with Crippen LogP contribution in [0.4, 0.5) is 13.2 Å². The zero-order chi connectivity index (χ0) is 19.5. The molecule has 0 aromatic heterocycles. The van der Waals surface area contributed by atoms with Crippen molar-refractivity contribution >= 4 is 21.5 Å². The summed E-state index contributed by atoms with van der Waals surface area (Å²) in [6.45, 7) is 3.48. The lowest BCUT2D eigenvalue weighted by molar-refractivity contribution is -0.114. The molecule has 0 radical (unpaired) electrons. The van der Waals surface area contributed by atoms with Crippen molar-refractivity contribution in [2.75, 3.05) is 0 Å². The SMILES string of the molecule is Cc1ccc(/C(=C/C(F)(F)F)C(=O)NS(=O)(=O)c2ccc(C)cc2)cc1. The van der Waals surface area contributed by atoms with Gasteiger partial charge in [-0.1, -0.05) is 47.5 Å². The average Bonchev–Trinajstić information content (AvgIpc) is 2.52. The number of rotatable bonds is 4. The minimum absolute atomic E-state index is 0.0375. The van der Waals surface area contributed by atoms with Crippen molar-refractivity contribution in [3.63, 3.8) is 0 Å². The molecule has 1 amide bonds. The summed E-state index contributed by atoms with van der Waals surface area (Å²) in [6, 6.07) is 11.3. The van der Waals surface area contributed by atoms with Gasteiger partial charge in [0, 0.05) is 6.08 Å². The van der Waals surface area contributed by atoms with Gasteiger partial charge in [0.2, 0.25) is 0 Å². The van der Waals surface area contributed by atoms with E-state index >= 15 is 0 Å². The number of alkyl halides is 3. The van der Waals surface area contributed by atoms with Crippen LogP contribution in [0.15, 0.2) is 59.5 Å². The molecule has 0 saturated carbocycles. The van der Waals surface area contributed by atoms with Crippen LogP contribution in [0.5, 0.6) is 0 Å². The van der Waals surface area contributed by atoms with Gasteiger partial charge in [-0.3, -0.25) is 4.79 Å². The molecule has 0 saturated heterocycles. The molecule has 0 aliphatic carbocycles. The van der Waals surface area contributed by atoms with Crippen LogP contribution < -0.4 is 4.72 Å². The molecule has 0 aliphatic rings. The molecule has 8 heteroatoms. The van der Waals surface area contributed by atoms with Crippen LogP contribution in [0, 0.1) is 13.8 Å². The Kier molecular flexibility index (Phi) is 5.56. The number of hydrogen-bond acceptors (Lipinski definition) is 3. The molecule has 2 aromatic carbocycles. The Morgan fingerprint density at radius 3 is 1.85 bits per heavy atom. The fraction of sp³-hybridized carbons (Fsp3) is 0.167.